The number of aromatic nitrogens is 2. The van der Waals surface area contributed by atoms with Crippen LogP contribution in [0.5, 0.6) is 5.75 Å². The monoisotopic (exact) mass is 545 g/mol. The van der Waals surface area contributed by atoms with Crippen LogP contribution in [0.2, 0.25) is 0 Å². The molecule has 6 atom stereocenters. The summed E-state index contributed by atoms with van der Waals surface area (Å²) in [6, 6.07) is 8.18. The van der Waals surface area contributed by atoms with Gasteiger partial charge in [0.2, 0.25) is 0 Å². The molecule has 0 aliphatic carbocycles. The lowest BCUT2D eigenvalue weighted by molar-refractivity contribution is -0.149. The Hall–Kier alpha value is -2.47. The molecule has 0 spiro atoms. The van der Waals surface area contributed by atoms with E-state index in [-0.39, 0.29) is 5.75 Å². The summed E-state index contributed by atoms with van der Waals surface area (Å²) in [5.41, 5.74) is -1.40. The van der Waals surface area contributed by atoms with Gasteiger partial charge in [-0.3, -0.25) is 23.7 Å². The SMILES string of the molecule is CC(C)OC(=O)[C@H](C)N[P@@](=O)(OC[C@H]1O[C@@H](n2ccc(=O)[nH]c2=O)[C@](C)(Cl)[C@@H]1O)Oc1ccccc1. The maximum Gasteiger partial charge on any atom is 0.459 e. The number of esters is 1. The average Bonchev–Trinajstić information content (AvgIpc) is 3.01. The normalized spacial score (nSPS) is 26.4. The van der Waals surface area contributed by atoms with Crippen LogP contribution < -0.4 is 20.9 Å². The number of halogens is 1. The maximum atomic E-state index is 13.6. The molecular weight excluding hydrogens is 517 g/mol. The highest BCUT2D eigenvalue weighted by molar-refractivity contribution is 7.52. The van der Waals surface area contributed by atoms with Crippen molar-refractivity contribution < 1.29 is 33.0 Å². The van der Waals surface area contributed by atoms with Crippen LogP contribution in [-0.4, -0.2) is 56.5 Å². The first kappa shape index (κ1) is 28.1. The molecule has 1 fully saturated rings. The van der Waals surface area contributed by atoms with Crippen molar-refractivity contribution in [1.29, 1.82) is 0 Å². The van der Waals surface area contributed by atoms with Gasteiger partial charge in [0.15, 0.2) is 6.23 Å². The van der Waals surface area contributed by atoms with Gasteiger partial charge in [-0.1, -0.05) is 18.2 Å². The van der Waals surface area contributed by atoms with E-state index >= 15 is 0 Å². The third kappa shape index (κ3) is 6.64. The van der Waals surface area contributed by atoms with Crippen LogP contribution in [0.15, 0.2) is 52.2 Å². The highest BCUT2D eigenvalue weighted by Gasteiger charge is 2.54. The molecule has 1 aliphatic rings. The Morgan fingerprint density at radius 2 is 1.94 bits per heavy atom. The Bertz CT molecular complexity index is 1220. The fourth-order valence-electron chi connectivity index (χ4n) is 3.47. The van der Waals surface area contributed by atoms with Crippen molar-refractivity contribution in [3.05, 3.63) is 63.4 Å². The number of aliphatic hydroxyl groups excluding tert-OH is 1. The van der Waals surface area contributed by atoms with E-state index in [0.717, 1.165) is 10.6 Å². The van der Waals surface area contributed by atoms with Gasteiger partial charge in [0.1, 0.15) is 28.9 Å². The summed E-state index contributed by atoms with van der Waals surface area (Å²) < 4.78 is 36.7. The van der Waals surface area contributed by atoms with E-state index in [9.17, 15) is 24.1 Å². The molecule has 0 amide bonds. The third-order valence-electron chi connectivity index (χ3n) is 5.26. The maximum absolute atomic E-state index is 13.6. The molecule has 14 heteroatoms. The number of carbonyl (C=O) groups is 1. The fraction of sp³-hybridized carbons (Fsp3) is 0.500. The van der Waals surface area contributed by atoms with Gasteiger partial charge in [0, 0.05) is 12.3 Å². The first-order chi connectivity index (χ1) is 16.8. The van der Waals surface area contributed by atoms with E-state index in [1.807, 2.05) is 0 Å². The van der Waals surface area contributed by atoms with E-state index in [1.54, 1.807) is 44.2 Å². The lowest BCUT2D eigenvalue weighted by Crippen LogP contribution is -2.43. The number of nitrogens with one attached hydrogen (secondary N) is 2. The van der Waals surface area contributed by atoms with Crippen molar-refractivity contribution in [2.24, 2.45) is 0 Å². The predicted octanol–water partition coefficient (Wildman–Crippen LogP) is 1.93. The van der Waals surface area contributed by atoms with Crippen LogP contribution in [0, 0.1) is 0 Å². The molecule has 0 bridgehead atoms. The zero-order valence-corrected chi connectivity index (χ0v) is 21.8. The van der Waals surface area contributed by atoms with Gasteiger partial charge < -0.3 is 19.1 Å². The van der Waals surface area contributed by atoms with E-state index in [1.165, 1.54) is 20.0 Å². The second-order valence-corrected chi connectivity index (χ2v) is 11.2. The lowest BCUT2D eigenvalue weighted by atomic mass is 10.0. The van der Waals surface area contributed by atoms with Gasteiger partial charge in [0.25, 0.3) is 5.56 Å². The van der Waals surface area contributed by atoms with Crippen molar-refractivity contribution in [1.82, 2.24) is 14.6 Å². The Labute approximate surface area is 212 Å². The number of rotatable bonds is 10. The first-order valence-electron chi connectivity index (χ1n) is 11.1. The van der Waals surface area contributed by atoms with Crippen LogP contribution >= 0.6 is 19.3 Å². The zero-order valence-electron chi connectivity index (χ0n) is 20.1. The standard InChI is InChI=1S/C22H29ClN3O9P/c1-13(2)33-19(29)14(3)25-36(31,35-15-8-6-5-7-9-15)32-12-16-18(28)22(4,23)20(34-16)26-11-10-17(27)24-21(26)30/h5-11,13-14,16,18,20,28H,12H2,1-4H3,(H,25,31)(H,24,27,30)/t14-,16+,18+,20+,22+,36+/m0/s1. The Morgan fingerprint density at radius 1 is 1.28 bits per heavy atom. The summed E-state index contributed by atoms with van der Waals surface area (Å²) in [5, 5.41) is 13.3. The van der Waals surface area contributed by atoms with Gasteiger partial charge in [0.05, 0.1) is 12.7 Å². The average molecular weight is 546 g/mol. The summed E-state index contributed by atoms with van der Waals surface area (Å²) >= 11 is 6.52. The number of aromatic amines is 1. The molecule has 3 N–H and O–H groups in total. The van der Waals surface area contributed by atoms with Gasteiger partial charge >= 0.3 is 19.4 Å². The molecule has 12 nitrogen and oxygen atoms in total. The number of carbonyl (C=O) groups excluding carboxylic acids is 1. The molecule has 1 aromatic carbocycles. The fourth-order valence-corrected chi connectivity index (χ4v) is 5.27. The Balaban J connectivity index is 1.80. The first-order valence-corrected chi connectivity index (χ1v) is 13.1. The molecule has 198 valence electrons. The van der Waals surface area contributed by atoms with Crippen LogP contribution in [0.25, 0.3) is 0 Å². The number of hydrogen-bond donors (Lipinski definition) is 3. The number of hydrogen-bond acceptors (Lipinski definition) is 9. The van der Waals surface area contributed by atoms with Crippen LogP contribution in [0.1, 0.15) is 33.9 Å². The molecule has 2 heterocycles. The van der Waals surface area contributed by atoms with Crippen molar-refractivity contribution in [3.63, 3.8) is 0 Å². The number of alkyl halides is 1. The molecule has 36 heavy (non-hydrogen) atoms. The minimum atomic E-state index is -4.22. The third-order valence-corrected chi connectivity index (χ3v) is 7.31. The molecule has 1 aliphatic heterocycles. The smallest absolute Gasteiger partial charge is 0.459 e. The topological polar surface area (TPSA) is 158 Å². The van der Waals surface area contributed by atoms with Gasteiger partial charge in [-0.2, -0.15) is 5.09 Å². The van der Waals surface area contributed by atoms with Crippen molar-refractivity contribution in [2.45, 2.75) is 63.2 Å². The number of benzene rings is 1. The molecule has 0 unspecified atom stereocenters. The molecule has 2 aromatic rings. The van der Waals surface area contributed by atoms with E-state index in [0.29, 0.717) is 0 Å². The predicted molar refractivity (Wildman–Crippen MR) is 130 cm³/mol. The number of aliphatic hydroxyl groups is 1. The van der Waals surface area contributed by atoms with Crippen molar-refractivity contribution in [3.8, 4) is 5.75 Å². The number of H-pyrrole nitrogens is 1. The second kappa shape index (κ2) is 11.3. The van der Waals surface area contributed by atoms with Crippen molar-refractivity contribution in [2.75, 3.05) is 6.61 Å². The van der Waals surface area contributed by atoms with Crippen LogP contribution in [0.4, 0.5) is 0 Å². The van der Waals surface area contributed by atoms with Crippen LogP contribution in [0.3, 0.4) is 0 Å². The summed E-state index contributed by atoms with van der Waals surface area (Å²) in [4.78, 5) is 36.5. The van der Waals surface area contributed by atoms with Gasteiger partial charge in [-0.25, -0.2) is 9.36 Å². The summed E-state index contributed by atoms with van der Waals surface area (Å²) in [7, 11) is -4.22. The molecule has 1 aromatic heterocycles. The summed E-state index contributed by atoms with van der Waals surface area (Å²) in [6.07, 6.45) is -2.92. The molecular formula is C22H29ClN3O9P. The van der Waals surface area contributed by atoms with Crippen LogP contribution in [-0.2, 0) is 23.4 Å². The molecule has 0 saturated carbocycles. The number of nitrogens with zero attached hydrogens (tertiary/aromatic N) is 1. The Kier molecular flexibility index (Phi) is 8.81. The largest absolute Gasteiger partial charge is 0.462 e. The molecule has 3 rings (SSSR count). The highest BCUT2D eigenvalue weighted by atomic mass is 35.5. The minimum Gasteiger partial charge on any atom is -0.462 e. The highest BCUT2D eigenvalue weighted by Crippen LogP contribution is 2.48. The van der Waals surface area contributed by atoms with E-state index < -0.39 is 67.0 Å². The van der Waals surface area contributed by atoms with E-state index in [4.69, 9.17) is 30.1 Å². The van der Waals surface area contributed by atoms with Gasteiger partial charge in [-0.15, -0.1) is 11.6 Å². The molecule has 1 saturated heterocycles. The van der Waals surface area contributed by atoms with Crippen molar-refractivity contribution >= 4 is 25.3 Å². The minimum absolute atomic E-state index is 0.200. The molecule has 0 radical (unpaired) electrons. The Morgan fingerprint density at radius 3 is 2.56 bits per heavy atom. The van der Waals surface area contributed by atoms with Gasteiger partial charge in [-0.05, 0) is 39.8 Å². The number of ether oxygens (including phenoxy) is 2. The number of para-hydroxylation sites is 1. The lowest BCUT2D eigenvalue weighted by Gasteiger charge is -2.26. The zero-order chi connectivity index (χ0) is 26.7. The second-order valence-electron chi connectivity index (χ2n) is 8.67. The summed E-state index contributed by atoms with van der Waals surface area (Å²) in [6.45, 7) is 5.75. The quantitative estimate of drug-likeness (QED) is 0.229. The summed E-state index contributed by atoms with van der Waals surface area (Å²) in [5.74, 6) is -0.473. The van der Waals surface area contributed by atoms with E-state index in [2.05, 4.69) is 10.1 Å².